The largest absolute Gasteiger partial charge is 0.619 e. The van der Waals surface area contributed by atoms with Crippen LogP contribution in [0, 0.1) is 5.21 Å². The summed E-state index contributed by atoms with van der Waals surface area (Å²) in [6.07, 6.45) is 5.83. The van der Waals surface area contributed by atoms with Crippen molar-refractivity contribution in [1.29, 1.82) is 0 Å². The summed E-state index contributed by atoms with van der Waals surface area (Å²) >= 11 is 0. The summed E-state index contributed by atoms with van der Waals surface area (Å²) in [5.74, 6) is 0. The second kappa shape index (κ2) is 3.91. The van der Waals surface area contributed by atoms with E-state index in [2.05, 4.69) is 5.10 Å². The lowest BCUT2D eigenvalue weighted by atomic mass is 10.3. The molecule has 0 radical (unpaired) electrons. The number of rotatable bonds is 3. The Morgan fingerprint density at radius 1 is 1.36 bits per heavy atom. The van der Waals surface area contributed by atoms with E-state index >= 15 is 0 Å². The standard InChI is InChI=1S/C10H11N3O/c14-13-8-2-1-4-10(13)5-9-12-7-3-6-11-12/h1-4,6-8H,5,9H2. The van der Waals surface area contributed by atoms with Gasteiger partial charge in [-0.2, -0.15) is 9.83 Å². The summed E-state index contributed by atoms with van der Waals surface area (Å²) in [4.78, 5) is 0. The Kier molecular flexibility index (Phi) is 2.44. The fraction of sp³-hybridized carbons (Fsp3) is 0.200. The van der Waals surface area contributed by atoms with Crippen molar-refractivity contribution in [3.05, 3.63) is 53.8 Å². The van der Waals surface area contributed by atoms with E-state index in [-0.39, 0.29) is 0 Å². The minimum atomic E-state index is 0.700. The van der Waals surface area contributed by atoms with Crippen LogP contribution in [0.25, 0.3) is 0 Å². The van der Waals surface area contributed by atoms with Crippen LogP contribution in [-0.2, 0) is 13.0 Å². The lowest BCUT2D eigenvalue weighted by molar-refractivity contribution is -0.614. The number of hydrogen-bond acceptors (Lipinski definition) is 2. The van der Waals surface area contributed by atoms with Crippen LogP contribution in [-0.4, -0.2) is 9.78 Å². The van der Waals surface area contributed by atoms with Gasteiger partial charge in [0.25, 0.3) is 0 Å². The molecular weight excluding hydrogens is 178 g/mol. The normalized spacial score (nSPS) is 10.3. The number of aryl methyl sites for hydroxylation is 2. The smallest absolute Gasteiger partial charge is 0.194 e. The molecule has 0 aliphatic rings. The van der Waals surface area contributed by atoms with Gasteiger partial charge < -0.3 is 5.21 Å². The molecule has 0 N–H and O–H groups in total. The molecule has 0 aromatic carbocycles. The van der Waals surface area contributed by atoms with Crippen LogP contribution in [0.1, 0.15) is 5.69 Å². The molecule has 0 unspecified atom stereocenters. The Balaban J connectivity index is 2.02. The predicted molar refractivity (Wildman–Crippen MR) is 51.3 cm³/mol. The number of aromatic nitrogens is 3. The van der Waals surface area contributed by atoms with Gasteiger partial charge >= 0.3 is 0 Å². The first-order valence-corrected chi connectivity index (χ1v) is 4.51. The molecule has 0 aliphatic heterocycles. The van der Waals surface area contributed by atoms with Crippen LogP contribution in [0.4, 0.5) is 0 Å². The Morgan fingerprint density at radius 2 is 2.29 bits per heavy atom. The van der Waals surface area contributed by atoms with E-state index < -0.39 is 0 Å². The number of pyridine rings is 1. The van der Waals surface area contributed by atoms with Crippen molar-refractivity contribution in [1.82, 2.24) is 9.78 Å². The summed E-state index contributed by atoms with van der Waals surface area (Å²) in [6, 6.07) is 7.30. The molecule has 2 rings (SSSR count). The van der Waals surface area contributed by atoms with Gasteiger partial charge in [0.15, 0.2) is 11.9 Å². The van der Waals surface area contributed by atoms with E-state index in [4.69, 9.17) is 0 Å². The lowest BCUT2D eigenvalue weighted by Gasteiger charge is -2.03. The fourth-order valence-electron chi connectivity index (χ4n) is 1.32. The molecule has 14 heavy (non-hydrogen) atoms. The average molecular weight is 189 g/mol. The quantitative estimate of drug-likeness (QED) is 0.528. The summed E-state index contributed by atoms with van der Waals surface area (Å²) in [7, 11) is 0. The van der Waals surface area contributed by atoms with Crippen molar-refractivity contribution >= 4 is 0 Å². The van der Waals surface area contributed by atoms with E-state index in [0.29, 0.717) is 6.42 Å². The van der Waals surface area contributed by atoms with Crippen molar-refractivity contribution in [3.63, 3.8) is 0 Å². The monoisotopic (exact) mass is 189 g/mol. The Labute approximate surface area is 82.0 Å². The zero-order valence-corrected chi connectivity index (χ0v) is 7.71. The zero-order valence-electron chi connectivity index (χ0n) is 7.71. The summed E-state index contributed by atoms with van der Waals surface area (Å²) in [5, 5.41) is 15.3. The van der Waals surface area contributed by atoms with Gasteiger partial charge in [-0.3, -0.25) is 4.68 Å². The molecule has 0 bridgehead atoms. The fourth-order valence-corrected chi connectivity index (χ4v) is 1.32. The highest BCUT2D eigenvalue weighted by atomic mass is 16.5. The first-order valence-electron chi connectivity index (χ1n) is 4.51. The van der Waals surface area contributed by atoms with Crippen LogP contribution in [0.3, 0.4) is 0 Å². The number of hydrogen-bond donors (Lipinski definition) is 0. The molecule has 2 aromatic rings. The predicted octanol–water partition coefficient (Wildman–Crippen LogP) is 0.759. The second-order valence-corrected chi connectivity index (χ2v) is 3.04. The third-order valence-corrected chi connectivity index (χ3v) is 2.06. The topological polar surface area (TPSA) is 44.8 Å². The van der Waals surface area contributed by atoms with Gasteiger partial charge in [0.2, 0.25) is 0 Å². The van der Waals surface area contributed by atoms with Crippen LogP contribution in [0.5, 0.6) is 0 Å². The third-order valence-electron chi connectivity index (χ3n) is 2.06. The minimum Gasteiger partial charge on any atom is -0.619 e. The van der Waals surface area contributed by atoms with Crippen LogP contribution in [0.15, 0.2) is 42.9 Å². The van der Waals surface area contributed by atoms with Gasteiger partial charge in [-0.15, -0.1) is 0 Å². The maximum atomic E-state index is 11.3. The van der Waals surface area contributed by atoms with E-state index in [1.165, 1.54) is 6.20 Å². The lowest BCUT2D eigenvalue weighted by Crippen LogP contribution is -2.31. The van der Waals surface area contributed by atoms with Gasteiger partial charge in [0, 0.05) is 24.5 Å². The van der Waals surface area contributed by atoms with Crippen molar-refractivity contribution < 1.29 is 4.73 Å². The first-order chi connectivity index (χ1) is 6.86. The molecule has 0 fully saturated rings. The Morgan fingerprint density at radius 3 is 3.00 bits per heavy atom. The van der Waals surface area contributed by atoms with Crippen LogP contribution < -0.4 is 4.73 Å². The van der Waals surface area contributed by atoms with Crippen molar-refractivity contribution in [2.75, 3.05) is 0 Å². The molecule has 0 saturated heterocycles. The molecule has 0 saturated carbocycles. The van der Waals surface area contributed by atoms with Gasteiger partial charge in [-0.05, 0) is 6.07 Å². The number of nitrogens with zero attached hydrogens (tertiary/aromatic N) is 3. The van der Waals surface area contributed by atoms with Gasteiger partial charge in [-0.1, -0.05) is 6.07 Å². The van der Waals surface area contributed by atoms with E-state index in [1.807, 2.05) is 29.1 Å². The maximum absolute atomic E-state index is 11.3. The zero-order chi connectivity index (χ0) is 9.80. The van der Waals surface area contributed by atoms with Crippen molar-refractivity contribution in [2.45, 2.75) is 13.0 Å². The van der Waals surface area contributed by atoms with Gasteiger partial charge in [0.05, 0.1) is 13.0 Å². The van der Waals surface area contributed by atoms with Gasteiger partial charge in [-0.25, -0.2) is 0 Å². The van der Waals surface area contributed by atoms with Crippen molar-refractivity contribution in [2.24, 2.45) is 0 Å². The second-order valence-electron chi connectivity index (χ2n) is 3.04. The summed E-state index contributed by atoms with van der Waals surface area (Å²) in [5.41, 5.74) is 0.767. The molecule has 0 atom stereocenters. The Bertz CT molecular complexity index is 398. The van der Waals surface area contributed by atoms with Crippen LogP contribution >= 0.6 is 0 Å². The van der Waals surface area contributed by atoms with Gasteiger partial charge in [0.1, 0.15) is 0 Å². The molecule has 4 nitrogen and oxygen atoms in total. The molecule has 4 heteroatoms. The first kappa shape index (κ1) is 8.74. The van der Waals surface area contributed by atoms with Crippen molar-refractivity contribution in [3.8, 4) is 0 Å². The SMILES string of the molecule is [O-][n+]1ccccc1CCn1cccn1. The molecule has 0 amide bonds. The summed E-state index contributed by atoms with van der Waals surface area (Å²) in [6.45, 7) is 0.735. The van der Waals surface area contributed by atoms with E-state index in [0.717, 1.165) is 17.0 Å². The highest BCUT2D eigenvalue weighted by Gasteiger charge is 2.02. The van der Waals surface area contributed by atoms with Crippen LogP contribution in [0.2, 0.25) is 0 Å². The highest BCUT2D eigenvalue weighted by Crippen LogP contribution is 1.95. The van der Waals surface area contributed by atoms with E-state index in [1.54, 1.807) is 12.3 Å². The molecule has 2 aromatic heterocycles. The Hall–Kier alpha value is -1.84. The highest BCUT2D eigenvalue weighted by molar-refractivity contribution is 4.97. The third kappa shape index (κ3) is 1.90. The molecule has 2 heterocycles. The molecular formula is C10H11N3O. The van der Waals surface area contributed by atoms with E-state index in [9.17, 15) is 5.21 Å². The molecule has 72 valence electrons. The average Bonchev–Trinajstić information content (AvgIpc) is 2.69. The minimum absolute atomic E-state index is 0.700. The molecule has 0 aliphatic carbocycles. The maximum Gasteiger partial charge on any atom is 0.194 e. The summed E-state index contributed by atoms with van der Waals surface area (Å²) < 4.78 is 2.70. The molecule has 0 spiro atoms.